The molecule has 2 aromatic carbocycles. The predicted molar refractivity (Wildman–Crippen MR) is 108 cm³/mol. The molecule has 0 saturated carbocycles. The first kappa shape index (κ1) is 18.1. The van der Waals surface area contributed by atoms with Crippen molar-refractivity contribution >= 4 is 58.0 Å². The van der Waals surface area contributed by atoms with E-state index in [1.165, 1.54) is 11.3 Å². The van der Waals surface area contributed by atoms with Gasteiger partial charge in [-0.1, -0.05) is 35.5 Å². The zero-order chi connectivity index (χ0) is 18.8. The highest BCUT2D eigenvalue weighted by Crippen LogP contribution is 2.48. The molecular formula is C20H14ClNO3S2. The first-order valence-electron chi connectivity index (χ1n) is 8.18. The summed E-state index contributed by atoms with van der Waals surface area (Å²) in [7, 11) is 0. The summed E-state index contributed by atoms with van der Waals surface area (Å²) in [5, 5.41) is 4.33. The SMILES string of the molecule is O=C(Cc1ccsc1)OCC(=O)N1c2ccccc2Sc2ccc(Cl)cc21. The standard InChI is InChI=1S/C20H14ClNO3S2/c21-14-5-6-18-16(10-14)22(15-3-1-2-4-17(15)27-18)19(23)11-25-20(24)9-13-7-8-26-12-13/h1-8,10,12H,9,11H2. The van der Waals surface area contributed by atoms with Crippen LogP contribution in [0.3, 0.4) is 0 Å². The molecule has 0 spiro atoms. The van der Waals surface area contributed by atoms with Crippen LogP contribution in [0.4, 0.5) is 11.4 Å². The Bertz CT molecular complexity index is 1000. The Morgan fingerprint density at radius 1 is 1.04 bits per heavy atom. The summed E-state index contributed by atoms with van der Waals surface area (Å²) in [4.78, 5) is 28.4. The molecule has 0 bridgehead atoms. The zero-order valence-corrected chi connectivity index (χ0v) is 16.4. The van der Waals surface area contributed by atoms with E-state index < -0.39 is 5.97 Å². The van der Waals surface area contributed by atoms with E-state index in [0.29, 0.717) is 10.7 Å². The van der Waals surface area contributed by atoms with Gasteiger partial charge in [-0.3, -0.25) is 14.5 Å². The van der Waals surface area contributed by atoms with E-state index in [0.717, 1.165) is 21.0 Å². The summed E-state index contributed by atoms with van der Waals surface area (Å²) in [6.07, 6.45) is 0.158. The lowest BCUT2D eigenvalue weighted by Crippen LogP contribution is -2.32. The second-order valence-corrected chi connectivity index (χ2v) is 8.18. The molecule has 136 valence electrons. The fraction of sp³-hybridized carbons (Fsp3) is 0.100. The maximum atomic E-state index is 12.9. The number of thiophene rings is 1. The molecule has 4 nitrogen and oxygen atoms in total. The number of fused-ring (bicyclic) bond motifs is 2. The third kappa shape index (κ3) is 3.88. The van der Waals surface area contributed by atoms with Gasteiger partial charge < -0.3 is 4.74 Å². The van der Waals surface area contributed by atoms with Gasteiger partial charge in [0.1, 0.15) is 0 Å². The second-order valence-electron chi connectivity index (χ2n) is 5.88. The number of amides is 1. The maximum absolute atomic E-state index is 12.9. The molecule has 0 aliphatic carbocycles. The van der Waals surface area contributed by atoms with Crippen molar-refractivity contribution in [2.24, 2.45) is 0 Å². The molecule has 7 heteroatoms. The molecule has 4 rings (SSSR count). The second kappa shape index (κ2) is 7.76. The average molecular weight is 416 g/mol. The van der Waals surface area contributed by atoms with Gasteiger partial charge >= 0.3 is 5.97 Å². The zero-order valence-electron chi connectivity index (χ0n) is 14.1. The number of anilines is 2. The lowest BCUT2D eigenvalue weighted by molar-refractivity contribution is -0.147. The normalized spacial score (nSPS) is 12.3. The number of rotatable bonds is 4. The van der Waals surface area contributed by atoms with Gasteiger partial charge in [0.05, 0.1) is 17.8 Å². The fourth-order valence-corrected chi connectivity index (χ4v) is 4.69. The number of carbonyl (C=O) groups excluding carboxylic acids is 2. The summed E-state index contributed by atoms with van der Waals surface area (Å²) in [6.45, 7) is -0.325. The first-order valence-corrected chi connectivity index (χ1v) is 10.3. The number of nitrogens with zero attached hydrogens (tertiary/aromatic N) is 1. The Morgan fingerprint density at radius 3 is 2.67 bits per heavy atom. The van der Waals surface area contributed by atoms with Crippen LogP contribution in [0.15, 0.2) is 69.1 Å². The van der Waals surface area contributed by atoms with Crippen LogP contribution in [0.5, 0.6) is 0 Å². The highest BCUT2D eigenvalue weighted by atomic mass is 35.5. The highest BCUT2D eigenvalue weighted by molar-refractivity contribution is 7.99. The topological polar surface area (TPSA) is 46.6 Å². The van der Waals surface area contributed by atoms with Crippen molar-refractivity contribution in [3.05, 3.63) is 69.9 Å². The van der Waals surface area contributed by atoms with E-state index in [1.54, 1.807) is 28.8 Å². The third-order valence-corrected chi connectivity index (χ3v) is 6.12. The van der Waals surface area contributed by atoms with Crippen LogP contribution in [0.2, 0.25) is 5.02 Å². The predicted octanol–water partition coefficient (Wildman–Crippen LogP) is 5.32. The molecule has 0 radical (unpaired) electrons. The molecule has 0 saturated heterocycles. The Kier molecular flexibility index (Phi) is 5.20. The number of esters is 1. The minimum Gasteiger partial charge on any atom is -0.455 e. The van der Waals surface area contributed by atoms with Crippen molar-refractivity contribution in [3.63, 3.8) is 0 Å². The summed E-state index contributed by atoms with van der Waals surface area (Å²) in [5.41, 5.74) is 2.34. The number of carbonyl (C=O) groups is 2. The minimum absolute atomic E-state index is 0.158. The molecule has 1 aromatic heterocycles. The Balaban J connectivity index is 1.56. The van der Waals surface area contributed by atoms with Gasteiger partial charge in [0.2, 0.25) is 0 Å². The highest BCUT2D eigenvalue weighted by Gasteiger charge is 2.29. The molecule has 0 atom stereocenters. The first-order chi connectivity index (χ1) is 13.1. The van der Waals surface area contributed by atoms with Gasteiger partial charge in [-0.2, -0.15) is 11.3 Å². The summed E-state index contributed by atoms with van der Waals surface area (Å²) in [5.74, 6) is -0.738. The molecule has 0 N–H and O–H groups in total. The Labute approximate surface area is 169 Å². The number of hydrogen-bond donors (Lipinski definition) is 0. The smallest absolute Gasteiger partial charge is 0.310 e. The number of halogens is 1. The summed E-state index contributed by atoms with van der Waals surface area (Å²) < 4.78 is 5.23. The molecule has 1 aliphatic rings. The van der Waals surface area contributed by atoms with Crippen LogP contribution in [0, 0.1) is 0 Å². The van der Waals surface area contributed by atoms with E-state index in [2.05, 4.69) is 0 Å². The van der Waals surface area contributed by atoms with Crippen molar-refractivity contribution in [2.75, 3.05) is 11.5 Å². The minimum atomic E-state index is -0.423. The van der Waals surface area contributed by atoms with Crippen molar-refractivity contribution in [3.8, 4) is 0 Å². The maximum Gasteiger partial charge on any atom is 0.310 e. The van der Waals surface area contributed by atoms with E-state index >= 15 is 0 Å². The van der Waals surface area contributed by atoms with E-state index in [1.807, 2.05) is 47.2 Å². The van der Waals surface area contributed by atoms with Gasteiger partial charge in [-0.15, -0.1) is 0 Å². The molecule has 2 heterocycles. The van der Waals surface area contributed by atoms with Crippen molar-refractivity contribution < 1.29 is 14.3 Å². The summed E-state index contributed by atoms with van der Waals surface area (Å²) >= 11 is 9.25. The Morgan fingerprint density at radius 2 is 1.85 bits per heavy atom. The van der Waals surface area contributed by atoms with Crippen LogP contribution < -0.4 is 4.90 Å². The molecule has 1 amide bonds. The van der Waals surface area contributed by atoms with E-state index in [9.17, 15) is 9.59 Å². The van der Waals surface area contributed by atoms with Gasteiger partial charge in [0.15, 0.2) is 6.61 Å². The monoisotopic (exact) mass is 415 g/mol. The van der Waals surface area contributed by atoms with Crippen LogP contribution in [-0.4, -0.2) is 18.5 Å². The largest absolute Gasteiger partial charge is 0.455 e. The quantitative estimate of drug-likeness (QED) is 0.541. The third-order valence-electron chi connectivity index (χ3n) is 4.02. The van der Waals surface area contributed by atoms with Gasteiger partial charge in [0.25, 0.3) is 5.91 Å². The molecule has 1 aliphatic heterocycles. The van der Waals surface area contributed by atoms with Crippen molar-refractivity contribution in [1.82, 2.24) is 0 Å². The molecule has 27 heavy (non-hydrogen) atoms. The fourth-order valence-electron chi connectivity index (χ4n) is 2.81. The van der Waals surface area contributed by atoms with Gasteiger partial charge in [0, 0.05) is 14.8 Å². The molecular weight excluding hydrogens is 402 g/mol. The molecule has 0 fully saturated rings. The average Bonchev–Trinajstić information content (AvgIpc) is 3.17. The van der Waals surface area contributed by atoms with Crippen LogP contribution in [0.1, 0.15) is 5.56 Å². The van der Waals surface area contributed by atoms with Crippen LogP contribution >= 0.6 is 34.7 Å². The van der Waals surface area contributed by atoms with Crippen molar-refractivity contribution in [1.29, 1.82) is 0 Å². The number of para-hydroxylation sites is 1. The van der Waals surface area contributed by atoms with Gasteiger partial charge in [-0.05, 0) is 52.7 Å². The van der Waals surface area contributed by atoms with E-state index in [4.69, 9.17) is 16.3 Å². The lowest BCUT2D eigenvalue weighted by atomic mass is 10.2. The molecule has 3 aromatic rings. The van der Waals surface area contributed by atoms with Crippen LogP contribution in [-0.2, 0) is 20.7 Å². The lowest BCUT2D eigenvalue weighted by Gasteiger charge is -2.31. The Hall–Kier alpha value is -2.28. The summed E-state index contributed by atoms with van der Waals surface area (Å²) in [6, 6.07) is 14.9. The van der Waals surface area contributed by atoms with E-state index in [-0.39, 0.29) is 18.9 Å². The van der Waals surface area contributed by atoms with Crippen LogP contribution in [0.25, 0.3) is 0 Å². The van der Waals surface area contributed by atoms with Gasteiger partial charge in [-0.25, -0.2) is 0 Å². The number of benzene rings is 2. The molecule has 0 unspecified atom stereocenters. The number of ether oxygens (including phenoxy) is 1. The number of hydrogen-bond acceptors (Lipinski definition) is 5. The van der Waals surface area contributed by atoms with Crippen molar-refractivity contribution in [2.45, 2.75) is 16.2 Å².